The zero-order valence-electron chi connectivity index (χ0n) is 19.6. The zero-order valence-corrected chi connectivity index (χ0v) is 21.1. The lowest BCUT2D eigenvalue weighted by Gasteiger charge is -2.37. The molecule has 1 atom stereocenters. The van der Waals surface area contributed by atoms with Crippen LogP contribution in [0.5, 0.6) is 0 Å². The van der Waals surface area contributed by atoms with Crippen molar-refractivity contribution < 1.29 is 9.53 Å². The Kier molecular flexibility index (Phi) is 7.77. The summed E-state index contributed by atoms with van der Waals surface area (Å²) in [6.45, 7) is 10.5. The molecule has 1 amide bonds. The summed E-state index contributed by atoms with van der Waals surface area (Å²) in [7, 11) is 0. The van der Waals surface area contributed by atoms with Gasteiger partial charge in [0.2, 0.25) is 5.91 Å². The van der Waals surface area contributed by atoms with Crippen molar-refractivity contribution in [2.24, 2.45) is 11.8 Å². The summed E-state index contributed by atoms with van der Waals surface area (Å²) in [6, 6.07) is 5.61. The third kappa shape index (κ3) is 5.79. The standard InChI is InChI=1S/C25H32Cl2N4O2/c1-16(2)12-23-28-17(3)21(13-18-4-5-20(26)14-22(18)27)24(29-23)30-7-9-31(10-8-30)25(32)19-6-11-33-15-19/h4-5,14,16,19H,6-13,15H2,1-3H3/t19-/m0/s1. The number of benzene rings is 1. The number of hydrogen-bond donors (Lipinski definition) is 0. The zero-order chi connectivity index (χ0) is 23.5. The minimum absolute atomic E-state index is 0.0121. The Morgan fingerprint density at radius 1 is 1.18 bits per heavy atom. The lowest BCUT2D eigenvalue weighted by Crippen LogP contribution is -2.51. The molecule has 0 saturated carbocycles. The van der Waals surface area contributed by atoms with E-state index in [1.54, 1.807) is 6.07 Å². The number of hydrogen-bond acceptors (Lipinski definition) is 5. The van der Waals surface area contributed by atoms with Crippen molar-refractivity contribution in [2.45, 2.75) is 40.0 Å². The van der Waals surface area contributed by atoms with Crippen LogP contribution in [0.15, 0.2) is 18.2 Å². The van der Waals surface area contributed by atoms with Crippen LogP contribution < -0.4 is 4.90 Å². The highest BCUT2D eigenvalue weighted by Crippen LogP contribution is 2.30. The second-order valence-corrected chi connectivity index (χ2v) is 10.3. The Labute approximate surface area is 206 Å². The van der Waals surface area contributed by atoms with Crippen molar-refractivity contribution in [1.29, 1.82) is 0 Å². The highest BCUT2D eigenvalue weighted by Gasteiger charge is 2.31. The van der Waals surface area contributed by atoms with Crippen LogP contribution in [0.25, 0.3) is 0 Å². The molecule has 1 aromatic heterocycles. The SMILES string of the molecule is Cc1nc(CC(C)C)nc(N2CCN(C(=O)[C@H]3CCOC3)CC2)c1Cc1ccc(Cl)cc1Cl. The van der Waals surface area contributed by atoms with Gasteiger partial charge in [0.25, 0.3) is 0 Å². The number of anilines is 1. The number of halogens is 2. The monoisotopic (exact) mass is 490 g/mol. The van der Waals surface area contributed by atoms with E-state index in [9.17, 15) is 4.79 Å². The second-order valence-electron chi connectivity index (χ2n) is 9.41. The lowest BCUT2D eigenvalue weighted by atomic mass is 10.0. The molecule has 2 fully saturated rings. The van der Waals surface area contributed by atoms with Gasteiger partial charge < -0.3 is 14.5 Å². The van der Waals surface area contributed by atoms with Crippen LogP contribution in [0.3, 0.4) is 0 Å². The molecule has 6 nitrogen and oxygen atoms in total. The fourth-order valence-corrected chi connectivity index (χ4v) is 5.02. The first-order chi connectivity index (χ1) is 15.8. The number of ether oxygens (including phenoxy) is 1. The van der Waals surface area contributed by atoms with Crippen molar-refractivity contribution in [3.05, 3.63) is 50.9 Å². The number of nitrogens with zero attached hydrogens (tertiary/aromatic N) is 4. The van der Waals surface area contributed by atoms with E-state index in [-0.39, 0.29) is 11.8 Å². The third-order valence-electron chi connectivity index (χ3n) is 6.38. The van der Waals surface area contributed by atoms with E-state index >= 15 is 0 Å². The van der Waals surface area contributed by atoms with Gasteiger partial charge >= 0.3 is 0 Å². The molecule has 0 bridgehead atoms. The molecule has 33 heavy (non-hydrogen) atoms. The Balaban J connectivity index is 1.58. The van der Waals surface area contributed by atoms with Crippen LogP contribution in [0.2, 0.25) is 10.0 Å². The molecular weight excluding hydrogens is 459 g/mol. The number of aromatic nitrogens is 2. The molecule has 4 rings (SSSR count). The van der Waals surface area contributed by atoms with Gasteiger partial charge in [-0.3, -0.25) is 4.79 Å². The predicted octanol–water partition coefficient (Wildman–Crippen LogP) is 4.57. The quantitative estimate of drug-likeness (QED) is 0.593. The van der Waals surface area contributed by atoms with Crippen LogP contribution in [-0.2, 0) is 22.4 Å². The molecule has 2 aromatic rings. The van der Waals surface area contributed by atoms with E-state index in [4.69, 9.17) is 37.9 Å². The largest absolute Gasteiger partial charge is 0.381 e. The molecule has 0 N–H and O–H groups in total. The molecule has 2 aliphatic rings. The topological polar surface area (TPSA) is 58.6 Å². The van der Waals surface area contributed by atoms with E-state index in [2.05, 4.69) is 18.7 Å². The summed E-state index contributed by atoms with van der Waals surface area (Å²) >= 11 is 12.6. The van der Waals surface area contributed by atoms with E-state index < -0.39 is 0 Å². The number of carbonyl (C=O) groups is 1. The van der Waals surface area contributed by atoms with E-state index in [1.807, 2.05) is 24.0 Å². The highest BCUT2D eigenvalue weighted by molar-refractivity contribution is 6.35. The molecule has 2 aliphatic heterocycles. The van der Waals surface area contributed by atoms with Crippen molar-refractivity contribution in [2.75, 3.05) is 44.3 Å². The molecule has 3 heterocycles. The Morgan fingerprint density at radius 3 is 2.58 bits per heavy atom. The average molecular weight is 491 g/mol. The van der Waals surface area contributed by atoms with Crippen LogP contribution in [0.4, 0.5) is 5.82 Å². The fourth-order valence-electron chi connectivity index (χ4n) is 4.54. The number of piperazine rings is 1. The van der Waals surface area contributed by atoms with Gasteiger partial charge in [0.1, 0.15) is 11.6 Å². The summed E-state index contributed by atoms with van der Waals surface area (Å²) in [5.41, 5.74) is 3.06. The summed E-state index contributed by atoms with van der Waals surface area (Å²) in [4.78, 5) is 26.9. The van der Waals surface area contributed by atoms with Crippen molar-refractivity contribution in [3.63, 3.8) is 0 Å². The van der Waals surface area contributed by atoms with Gasteiger partial charge in [0, 0.05) is 66.9 Å². The first-order valence-electron chi connectivity index (χ1n) is 11.7. The maximum Gasteiger partial charge on any atom is 0.228 e. The first kappa shape index (κ1) is 24.2. The van der Waals surface area contributed by atoms with Gasteiger partial charge in [0.15, 0.2) is 0 Å². The van der Waals surface area contributed by atoms with Crippen molar-refractivity contribution in [1.82, 2.24) is 14.9 Å². The second kappa shape index (κ2) is 10.6. The summed E-state index contributed by atoms with van der Waals surface area (Å²) in [5, 5.41) is 1.27. The summed E-state index contributed by atoms with van der Waals surface area (Å²) < 4.78 is 5.41. The molecule has 0 radical (unpaired) electrons. The molecule has 178 valence electrons. The average Bonchev–Trinajstić information content (AvgIpc) is 3.31. The van der Waals surface area contributed by atoms with E-state index in [1.165, 1.54) is 0 Å². The van der Waals surface area contributed by atoms with E-state index in [0.717, 1.165) is 54.4 Å². The smallest absolute Gasteiger partial charge is 0.228 e. The van der Waals surface area contributed by atoms with Gasteiger partial charge in [-0.05, 0) is 37.0 Å². The molecule has 0 aliphatic carbocycles. The Bertz CT molecular complexity index is 1000. The van der Waals surface area contributed by atoms with Crippen LogP contribution in [0, 0.1) is 18.8 Å². The third-order valence-corrected chi connectivity index (χ3v) is 6.97. The maximum atomic E-state index is 12.8. The molecule has 0 unspecified atom stereocenters. The van der Waals surface area contributed by atoms with E-state index in [0.29, 0.717) is 48.7 Å². The maximum absolute atomic E-state index is 12.8. The number of carbonyl (C=O) groups excluding carboxylic acids is 1. The van der Waals surface area contributed by atoms with Gasteiger partial charge in [-0.15, -0.1) is 0 Å². The Morgan fingerprint density at radius 2 is 1.94 bits per heavy atom. The molecular formula is C25H32Cl2N4O2. The van der Waals surface area contributed by atoms with Crippen LogP contribution in [0.1, 0.15) is 42.9 Å². The summed E-state index contributed by atoms with van der Waals surface area (Å²) in [6.07, 6.45) is 2.29. The molecule has 2 saturated heterocycles. The number of aryl methyl sites for hydroxylation is 1. The van der Waals surface area contributed by atoms with Gasteiger partial charge in [-0.2, -0.15) is 0 Å². The number of rotatable bonds is 6. The first-order valence-corrected chi connectivity index (χ1v) is 12.5. The molecule has 1 aromatic carbocycles. The van der Waals surface area contributed by atoms with Crippen LogP contribution in [-0.4, -0.2) is 60.2 Å². The van der Waals surface area contributed by atoms with Crippen LogP contribution >= 0.6 is 23.2 Å². The summed E-state index contributed by atoms with van der Waals surface area (Å²) in [5.74, 6) is 2.53. The van der Waals surface area contributed by atoms with Crippen molar-refractivity contribution in [3.8, 4) is 0 Å². The lowest BCUT2D eigenvalue weighted by molar-refractivity contribution is -0.135. The molecule has 8 heteroatoms. The Hall–Kier alpha value is -1.89. The predicted molar refractivity (Wildman–Crippen MR) is 132 cm³/mol. The fraction of sp³-hybridized carbons (Fsp3) is 0.560. The van der Waals surface area contributed by atoms with Gasteiger partial charge in [0.05, 0.1) is 12.5 Å². The minimum atomic E-state index is 0.0121. The van der Waals surface area contributed by atoms with Gasteiger partial charge in [-0.25, -0.2) is 9.97 Å². The number of amides is 1. The highest BCUT2D eigenvalue weighted by atomic mass is 35.5. The van der Waals surface area contributed by atoms with Gasteiger partial charge in [-0.1, -0.05) is 43.1 Å². The normalized spacial score (nSPS) is 18.9. The molecule has 0 spiro atoms. The van der Waals surface area contributed by atoms with Crippen molar-refractivity contribution >= 4 is 34.9 Å². The minimum Gasteiger partial charge on any atom is -0.381 e.